The molecule has 2 aliphatic carbocycles. The van der Waals surface area contributed by atoms with Gasteiger partial charge in [-0.1, -0.05) is 0 Å². The van der Waals surface area contributed by atoms with Gasteiger partial charge in [-0.25, -0.2) is 9.97 Å². The standard InChI is InChI=1S/C15H20N4O3.ClH/c16-13-9-1-2-19(14(9)18-7-17-13)10-5-15(12(22)11(10)21)3-8(4-15)6-20;/h1-2,7-8,10-12,20-22H,3-6H2,(H2,16,17,18);1H/t8?,10-,11+,12+,15?;/m1./s1. The third-order valence-corrected chi connectivity index (χ3v) is 5.51. The smallest absolute Gasteiger partial charge is 0.145 e. The van der Waals surface area contributed by atoms with E-state index in [0.717, 1.165) is 18.2 Å². The summed E-state index contributed by atoms with van der Waals surface area (Å²) in [6.45, 7) is 0.144. The second kappa shape index (κ2) is 5.59. The zero-order valence-electron chi connectivity index (χ0n) is 12.5. The number of nitrogens with zero attached hydrogens (tertiary/aromatic N) is 3. The molecule has 0 bridgehead atoms. The van der Waals surface area contributed by atoms with Crippen LogP contribution < -0.4 is 5.73 Å². The minimum absolute atomic E-state index is 0. The molecule has 2 aliphatic rings. The van der Waals surface area contributed by atoms with Crippen LogP contribution in [0.3, 0.4) is 0 Å². The van der Waals surface area contributed by atoms with E-state index >= 15 is 0 Å². The molecule has 0 amide bonds. The van der Waals surface area contributed by atoms with E-state index in [1.54, 1.807) is 0 Å². The first-order valence-electron chi connectivity index (χ1n) is 7.60. The summed E-state index contributed by atoms with van der Waals surface area (Å²) in [5.41, 5.74) is 6.25. The molecule has 0 aliphatic heterocycles. The van der Waals surface area contributed by atoms with Gasteiger partial charge in [0.2, 0.25) is 0 Å². The van der Waals surface area contributed by atoms with Crippen LogP contribution in [0.15, 0.2) is 18.6 Å². The van der Waals surface area contributed by atoms with Gasteiger partial charge in [0.05, 0.1) is 17.5 Å². The number of halogens is 1. The molecule has 7 nitrogen and oxygen atoms in total. The molecule has 4 rings (SSSR count). The second-order valence-electron chi connectivity index (χ2n) is 6.75. The van der Waals surface area contributed by atoms with Gasteiger partial charge in [0, 0.05) is 18.2 Å². The maximum atomic E-state index is 10.5. The van der Waals surface area contributed by atoms with Crippen molar-refractivity contribution in [2.45, 2.75) is 37.5 Å². The summed E-state index contributed by atoms with van der Waals surface area (Å²) >= 11 is 0. The summed E-state index contributed by atoms with van der Waals surface area (Å²) < 4.78 is 1.89. The molecule has 23 heavy (non-hydrogen) atoms. The number of nitrogen functional groups attached to an aromatic ring is 1. The van der Waals surface area contributed by atoms with Crippen LogP contribution in [-0.2, 0) is 0 Å². The summed E-state index contributed by atoms with van der Waals surface area (Å²) in [4.78, 5) is 8.24. The fraction of sp³-hybridized carbons (Fsp3) is 0.600. The quantitative estimate of drug-likeness (QED) is 0.632. The first kappa shape index (κ1) is 16.4. The molecule has 3 atom stereocenters. The largest absolute Gasteiger partial charge is 0.396 e. The predicted molar refractivity (Wildman–Crippen MR) is 87.1 cm³/mol. The molecule has 0 saturated heterocycles. The van der Waals surface area contributed by atoms with Gasteiger partial charge in [0.15, 0.2) is 0 Å². The molecule has 0 unspecified atom stereocenters. The average Bonchev–Trinajstić information content (AvgIpc) is 3.00. The van der Waals surface area contributed by atoms with Gasteiger partial charge in [-0.05, 0) is 31.2 Å². The van der Waals surface area contributed by atoms with Crippen LogP contribution in [0, 0.1) is 11.3 Å². The molecule has 0 radical (unpaired) electrons. The van der Waals surface area contributed by atoms with Crippen LogP contribution in [0.25, 0.3) is 11.0 Å². The highest BCUT2D eigenvalue weighted by molar-refractivity contribution is 5.86. The second-order valence-corrected chi connectivity index (χ2v) is 6.75. The molecule has 8 heteroatoms. The van der Waals surface area contributed by atoms with E-state index < -0.39 is 12.2 Å². The maximum Gasteiger partial charge on any atom is 0.145 e. The number of anilines is 1. The lowest BCUT2D eigenvalue weighted by atomic mass is 9.60. The first-order chi connectivity index (χ1) is 10.6. The molecule has 126 valence electrons. The van der Waals surface area contributed by atoms with Gasteiger partial charge in [-0.15, -0.1) is 12.4 Å². The molecule has 2 heterocycles. The molecule has 2 aromatic rings. The van der Waals surface area contributed by atoms with Gasteiger partial charge in [-0.2, -0.15) is 0 Å². The highest BCUT2D eigenvalue weighted by atomic mass is 35.5. The molecule has 2 aromatic heterocycles. The van der Waals surface area contributed by atoms with Crippen molar-refractivity contribution in [2.75, 3.05) is 12.3 Å². The summed E-state index contributed by atoms with van der Waals surface area (Å²) in [5, 5.41) is 31.0. The lowest BCUT2D eigenvalue weighted by Crippen LogP contribution is -2.47. The molecule has 1 spiro atoms. The van der Waals surface area contributed by atoms with Crippen LogP contribution in [0.5, 0.6) is 0 Å². The monoisotopic (exact) mass is 340 g/mol. The van der Waals surface area contributed by atoms with Gasteiger partial charge >= 0.3 is 0 Å². The zero-order chi connectivity index (χ0) is 15.5. The van der Waals surface area contributed by atoms with Crippen LogP contribution in [0.4, 0.5) is 5.82 Å². The summed E-state index contributed by atoms with van der Waals surface area (Å²) in [5.74, 6) is 0.649. The van der Waals surface area contributed by atoms with Gasteiger partial charge < -0.3 is 25.6 Å². The summed E-state index contributed by atoms with van der Waals surface area (Å²) in [7, 11) is 0. The van der Waals surface area contributed by atoms with Crippen molar-refractivity contribution >= 4 is 29.3 Å². The van der Waals surface area contributed by atoms with E-state index in [2.05, 4.69) is 9.97 Å². The van der Waals surface area contributed by atoms with E-state index in [1.165, 1.54) is 6.33 Å². The highest BCUT2D eigenvalue weighted by Crippen LogP contribution is 2.59. The fourth-order valence-corrected chi connectivity index (χ4v) is 4.38. The topological polar surface area (TPSA) is 117 Å². The van der Waals surface area contributed by atoms with Crippen LogP contribution in [-0.4, -0.2) is 48.7 Å². The zero-order valence-corrected chi connectivity index (χ0v) is 13.4. The summed E-state index contributed by atoms with van der Waals surface area (Å²) in [6, 6.07) is 1.60. The van der Waals surface area contributed by atoms with E-state index in [9.17, 15) is 15.3 Å². The minimum atomic E-state index is -0.841. The molecular formula is C15H21ClN4O3. The van der Waals surface area contributed by atoms with Crippen LogP contribution >= 0.6 is 12.4 Å². The number of hydrogen-bond donors (Lipinski definition) is 4. The number of aliphatic hydroxyl groups excluding tert-OH is 3. The minimum Gasteiger partial charge on any atom is -0.396 e. The van der Waals surface area contributed by atoms with Crippen molar-refractivity contribution in [1.29, 1.82) is 0 Å². The van der Waals surface area contributed by atoms with Crippen molar-refractivity contribution < 1.29 is 15.3 Å². The fourth-order valence-electron chi connectivity index (χ4n) is 4.38. The summed E-state index contributed by atoms with van der Waals surface area (Å²) in [6.07, 6.45) is 3.84. The number of rotatable bonds is 2. The Morgan fingerprint density at radius 1 is 1.26 bits per heavy atom. The van der Waals surface area contributed by atoms with Crippen LogP contribution in [0.2, 0.25) is 0 Å². The molecule has 0 aromatic carbocycles. The molecular weight excluding hydrogens is 320 g/mol. The third kappa shape index (κ3) is 2.22. The first-order valence-corrected chi connectivity index (χ1v) is 7.60. The van der Waals surface area contributed by atoms with Gasteiger partial charge in [0.25, 0.3) is 0 Å². The number of hydrogen-bond acceptors (Lipinski definition) is 6. The number of fused-ring (bicyclic) bond motifs is 1. The Morgan fingerprint density at radius 2 is 2.00 bits per heavy atom. The third-order valence-electron chi connectivity index (χ3n) is 5.51. The normalized spacial score (nSPS) is 36.1. The number of nitrogens with two attached hydrogens (primary N) is 1. The maximum absolute atomic E-state index is 10.5. The molecule has 2 fully saturated rings. The Hall–Kier alpha value is -1.41. The predicted octanol–water partition coefficient (Wildman–Crippen LogP) is 0.491. The van der Waals surface area contributed by atoms with E-state index in [1.807, 2.05) is 16.8 Å². The molecule has 2 saturated carbocycles. The van der Waals surface area contributed by atoms with E-state index in [-0.39, 0.29) is 36.4 Å². The highest BCUT2D eigenvalue weighted by Gasteiger charge is 2.59. The lowest BCUT2D eigenvalue weighted by molar-refractivity contribution is -0.0936. The number of aromatic nitrogens is 3. The Balaban J connectivity index is 0.00000156. The van der Waals surface area contributed by atoms with Crippen molar-refractivity contribution in [1.82, 2.24) is 14.5 Å². The average molecular weight is 341 g/mol. The van der Waals surface area contributed by atoms with Crippen molar-refractivity contribution in [3.8, 4) is 0 Å². The van der Waals surface area contributed by atoms with Crippen molar-refractivity contribution in [3.63, 3.8) is 0 Å². The SMILES string of the molecule is Cl.Nc1ncnc2c1ccn2[C@@H]1CC2(CC(CO)C2)[C@@H](O)[C@H]1O. The Morgan fingerprint density at radius 3 is 2.70 bits per heavy atom. The van der Waals surface area contributed by atoms with Crippen molar-refractivity contribution in [3.05, 3.63) is 18.6 Å². The molecule has 5 N–H and O–H groups in total. The van der Waals surface area contributed by atoms with Crippen LogP contribution in [0.1, 0.15) is 25.3 Å². The van der Waals surface area contributed by atoms with Crippen molar-refractivity contribution in [2.24, 2.45) is 11.3 Å². The van der Waals surface area contributed by atoms with E-state index in [4.69, 9.17) is 5.73 Å². The lowest BCUT2D eigenvalue weighted by Gasteiger charge is -2.47. The van der Waals surface area contributed by atoms with Gasteiger partial charge in [0.1, 0.15) is 23.9 Å². The van der Waals surface area contributed by atoms with Gasteiger partial charge in [-0.3, -0.25) is 0 Å². The Kier molecular flexibility index (Phi) is 4.00. The van der Waals surface area contributed by atoms with E-state index in [0.29, 0.717) is 17.9 Å². The number of aliphatic hydroxyl groups is 3. The Bertz CT molecular complexity index is 716. The Labute approximate surface area is 139 Å².